The molecule has 0 unspecified atom stereocenters. The molecule has 0 saturated heterocycles. The molecule has 0 radical (unpaired) electrons. The number of halogens is 1. The third-order valence-electron chi connectivity index (χ3n) is 2.87. The minimum Gasteiger partial charge on any atom is -0.389 e. The van der Waals surface area contributed by atoms with Crippen LogP contribution in [-0.2, 0) is 0 Å². The van der Waals surface area contributed by atoms with Crippen molar-refractivity contribution in [3.63, 3.8) is 0 Å². The van der Waals surface area contributed by atoms with Crippen LogP contribution in [0.5, 0.6) is 0 Å². The second-order valence-corrected chi connectivity index (χ2v) is 5.65. The van der Waals surface area contributed by atoms with E-state index < -0.39 is 0 Å². The van der Waals surface area contributed by atoms with Crippen LogP contribution in [0.25, 0.3) is 0 Å². The van der Waals surface area contributed by atoms with Gasteiger partial charge in [0, 0.05) is 23.6 Å². The highest BCUT2D eigenvalue weighted by Gasteiger charge is 2.23. The fourth-order valence-electron chi connectivity index (χ4n) is 1.76. The second-order valence-electron chi connectivity index (χ2n) is 4.35. The van der Waals surface area contributed by atoms with Crippen molar-refractivity contribution in [1.29, 1.82) is 0 Å². The third-order valence-corrected chi connectivity index (χ3v) is 3.74. The summed E-state index contributed by atoms with van der Waals surface area (Å²) < 4.78 is 1.06. The Balaban J connectivity index is 2.17. The molecule has 1 aliphatic carbocycles. The maximum Gasteiger partial charge on any atom is 0.104 e. The van der Waals surface area contributed by atoms with Crippen molar-refractivity contribution < 1.29 is 0 Å². The van der Waals surface area contributed by atoms with Gasteiger partial charge in [-0.2, -0.15) is 0 Å². The van der Waals surface area contributed by atoms with E-state index in [1.165, 1.54) is 18.5 Å². The maximum absolute atomic E-state index is 5.60. The molecule has 1 aliphatic rings. The number of anilines is 1. The fourth-order valence-corrected chi connectivity index (χ4v) is 2.56. The van der Waals surface area contributed by atoms with Gasteiger partial charge in [0.2, 0.25) is 0 Å². The van der Waals surface area contributed by atoms with E-state index in [1.54, 1.807) is 0 Å². The van der Waals surface area contributed by atoms with Gasteiger partial charge in [0.05, 0.1) is 5.69 Å². The second kappa shape index (κ2) is 4.72. The smallest absolute Gasteiger partial charge is 0.104 e. The molecule has 2 N–H and O–H groups in total. The van der Waals surface area contributed by atoms with Crippen molar-refractivity contribution in [2.75, 3.05) is 18.5 Å². The maximum atomic E-state index is 5.60. The average molecular weight is 299 g/mol. The molecule has 16 heavy (non-hydrogen) atoms. The first-order chi connectivity index (χ1) is 7.58. The Kier molecular flexibility index (Phi) is 3.50. The summed E-state index contributed by atoms with van der Waals surface area (Å²) in [5.41, 5.74) is 7.71. The zero-order valence-electron chi connectivity index (χ0n) is 9.24. The van der Waals surface area contributed by atoms with Crippen LogP contribution in [0.15, 0.2) is 22.7 Å². The summed E-state index contributed by atoms with van der Waals surface area (Å²) in [6.45, 7) is 1.13. The number of hydrogen-bond acceptors (Lipinski definition) is 2. The van der Waals surface area contributed by atoms with Gasteiger partial charge in [0.1, 0.15) is 4.99 Å². The van der Waals surface area contributed by atoms with Crippen LogP contribution in [-0.4, -0.2) is 18.6 Å². The first kappa shape index (κ1) is 11.9. The summed E-state index contributed by atoms with van der Waals surface area (Å²) in [5, 5.41) is 0. The summed E-state index contributed by atoms with van der Waals surface area (Å²) in [6, 6.07) is 6.04. The van der Waals surface area contributed by atoms with Crippen LogP contribution in [0.3, 0.4) is 0 Å². The fraction of sp³-hybridized carbons (Fsp3) is 0.417. The molecule has 1 aromatic rings. The summed E-state index contributed by atoms with van der Waals surface area (Å²) in [7, 11) is 2.12. The molecule has 1 saturated carbocycles. The molecule has 4 heteroatoms. The SMILES string of the molecule is CN(CC1CC1)c1ccc(C(N)=S)cc1Br. The van der Waals surface area contributed by atoms with E-state index >= 15 is 0 Å². The molecule has 86 valence electrons. The molecule has 0 atom stereocenters. The van der Waals surface area contributed by atoms with Crippen LogP contribution < -0.4 is 10.6 Å². The van der Waals surface area contributed by atoms with E-state index in [4.69, 9.17) is 18.0 Å². The van der Waals surface area contributed by atoms with E-state index in [-0.39, 0.29) is 0 Å². The molecule has 1 fully saturated rings. The lowest BCUT2D eigenvalue weighted by atomic mass is 10.2. The average Bonchev–Trinajstić information content (AvgIpc) is 3.01. The number of hydrogen-bond donors (Lipinski definition) is 1. The number of nitrogens with zero attached hydrogens (tertiary/aromatic N) is 1. The van der Waals surface area contributed by atoms with E-state index in [1.807, 2.05) is 12.1 Å². The van der Waals surface area contributed by atoms with Crippen molar-refractivity contribution in [2.45, 2.75) is 12.8 Å². The van der Waals surface area contributed by atoms with Gasteiger partial charge in [-0.05, 0) is 52.9 Å². The van der Waals surface area contributed by atoms with Crippen molar-refractivity contribution in [3.8, 4) is 0 Å². The summed E-state index contributed by atoms with van der Waals surface area (Å²) in [4.78, 5) is 2.72. The van der Waals surface area contributed by atoms with Gasteiger partial charge in [-0.3, -0.25) is 0 Å². The largest absolute Gasteiger partial charge is 0.389 e. The van der Waals surface area contributed by atoms with E-state index in [0.29, 0.717) is 4.99 Å². The normalized spacial score (nSPS) is 14.9. The standard InChI is InChI=1S/C12H15BrN2S/c1-15(7-8-2-3-8)11-5-4-9(12(14)16)6-10(11)13/h4-6,8H,2-3,7H2,1H3,(H2,14,16). The van der Waals surface area contributed by atoms with Gasteiger partial charge >= 0.3 is 0 Å². The zero-order chi connectivity index (χ0) is 11.7. The van der Waals surface area contributed by atoms with E-state index in [0.717, 1.165) is 22.5 Å². The molecule has 1 aromatic carbocycles. The Labute approximate surface area is 110 Å². The highest BCUT2D eigenvalue weighted by Crippen LogP contribution is 2.33. The molecule has 0 bridgehead atoms. The van der Waals surface area contributed by atoms with E-state index in [9.17, 15) is 0 Å². The van der Waals surface area contributed by atoms with Gasteiger partial charge in [-0.1, -0.05) is 12.2 Å². The monoisotopic (exact) mass is 298 g/mol. The molecule has 0 aromatic heterocycles. The van der Waals surface area contributed by atoms with Gasteiger partial charge in [-0.25, -0.2) is 0 Å². The number of nitrogens with two attached hydrogens (primary N) is 1. The topological polar surface area (TPSA) is 29.3 Å². The Morgan fingerprint density at radius 1 is 1.56 bits per heavy atom. The minimum atomic E-state index is 0.442. The van der Waals surface area contributed by atoms with Gasteiger partial charge in [-0.15, -0.1) is 0 Å². The van der Waals surface area contributed by atoms with Gasteiger partial charge < -0.3 is 10.6 Å². The van der Waals surface area contributed by atoms with Crippen molar-refractivity contribution in [2.24, 2.45) is 11.7 Å². The third kappa shape index (κ3) is 2.74. The Morgan fingerprint density at radius 2 is 2.25 bits per heavy atom. The minimum absolute atomic E-state index is 0.442. The Bertz CT molecular complexity index is 415. The first-order valence-electron chi connectivity index (χ1n) is 5.38. The summed E-state index contributed by atoms with van der Waals surface area (Å²) in [5.74, 6) is 0.882. The predicted molar refractivity (Wildman–Crippen MR) is 76.0 cm³/mol. The highest BCUT2D eigenvalue weighted by molar-refractivity contribution is 9.10. The molecular formula is C12H15BrN2S. The molecule has 0 aliphatic heterocycles. The zero-order valence-corrected chi connectivity index (χ0v) is 11.6. The Hall–Kier alpha value is -0.610. The van der Waals surface area contributed by atoms with Crippen LogP contribution >= 0.6 is 28.1 Å². The number of rotatable bonds is 4. The summed E-state index contributed by atoms with van der Waals surface area (Å²) >= 11 is 8.52. The number of thiocarbonyl (C=S) groups is 1. The molecular weight excluding hydrogens is 284 g/mol. The highest BCUT2D eigenvalue weighted by atomic mass is 79.9. The van der Waals surface area contributed by atoms with Crippen molar-refractivity contribution in [1.82, 2.24) is 0 Å². The summed E-state index contributed by atoms with van der Waals surface area (Å²) in [6.07, 6.45) is 2.74. The van der Waals surface area contributed by atoms with Crippen LogP contribution in [0.1, 0.15) is 18.4 Å². The van der Waals surface area contributed by atoms with E-state index in [2.05, 4.69) is 33.9 Å². The molecule has 0 spiro atoms. The lowest BCUT2D eigenvalue weighted by molar-refractivity contribution is 0.786. The van der Waals surface area contributed by atoms with Crippen LogP contribution in [0.2, 0.25) is 0 Å². The lowest BCUT2D eigenvalue weighted by Gasteiger charge is -2.21. The van der Waals surface area contributed by atoms with Gasteiger partial charge in [0.25, 0.3) is 0 Å². The first-order valence-corrected chi connectivity index (χ1v) is 6.58. The van der Waals surface area contributed by atoms with Crippen LogP contribution in [0, 0.1) is 5.92 Å². The predicted octanol–water partition coefficient (Wildman–Crippen LogP) is 2.93. The van der Waals surface area contributed by atoms with Crippen molar-refractivity contribution >= 4 is 38.8 Å². The Morgan fingerprint density at radius 3 is 2.75 bits per heavy atom. The quantitative estimate of drug-likeness (QED) is 0.867. The molecule has 2 rings (SSSR count). The van der Waals surface area contributed by atoms with Gasteiger partial charge in [0.15, 0.2) is 0 Å². The van der Waals surface area contributed by atoms with Crippen LogP contribution in [0.4, 0.5) is 5.69 Å². The van der Waals surface area contributed by atoms with Crippen molar-refractivity contribution in [3.05, 3.63) is 28.2 Å². The molecule has 0 amide bonds. The molecule has 2 nitrogen and oxygen atoms in total. The molecule has 0 heterocycles. The number of benzene rings is 1. The lowest BCUT2D eigenvalue weighted by Crippen LogP contribution is -2.20.